The molecule has 0 radical (unpaired) electrons. The molecule has 0 amide bonds. The Bertz CT molecular complexity index is 285. The maximum Gasteiger partial charge on any atom is 0.0835 e. The van der Waals surface area contributed by atoms with E-state index in [-0.39, 0.29) is 0 Å². The predicted molar refractivity (Wildman–Crippen MR) is 59.6 cm³/mol. The van der Waals surface area contributed by atoms with Gasteiger partial charge in [0.1, 0.15) is 0 Å². The van der Waals surface area contributed by atoms with Crippen molar-refractivity contribution in [2.24, 2.45) is 5.73 Å². The van der Waals surface area contributed by atoms with Crippen LogP contribution in [0.25, 0.3) is 0 Å². The number of ether oxygens (including phenoxy) is 1. The quantitative estimate of drug-likeness (QED) is 0.777. The molecule has 0 aromatic carbocycles. The maximum atomic E-state index is 5.78. The van der Waals surface area contributed by atoms with Crippen molar-refractivity contribution in [2.45, 2.75) is 31.8 Å². The van der Waals surface area contributed by atoms with Gasteiger partial charge in [-0.25, -0.2) is 0 Å². The summed E-state index contributed by atoms with van der Waals surface area (Å²) >= 11 is 1.86. The fourth-order valence-electron chi connectivity index (χ4n) is 1.94. The molecule has 78 valence electrons. The van der Waals surface area contributed by atoms with E-state index in [0.717, 1.165) is 32.4 Å². The van der Waals surface area contributed by atoms with Gasteiger partial charge < -0.3 is 10.5 Å². The van der Waals surface area contributed by atoms with E-state index in [1.165, 1.54) is 16.9 Å². The number of hydrogen-bond donors (Lipinski definition) is 1. The van der Waals surface area contributed by atoms with Crippen molar-refractivity contribution in [3.63, 3.8) is 0 Å². The minimum atomic E-state index is 0.344. The summed E-state index contributed by atoms with van der Waals surface area (Å²) in [7, 11) is 0. The normalized spacial score (nSPS) is 20.8. The first-order valence-corrected chi connectivity index (χ1v) is 6.17. The number of unbranched alkanes of at least 4 members (excludes halogenated alkanes) is 1. The Morgan fingerprint density at radius 1 is 1.50 bits per heavy atom. The molecule has 1 aliphatic rings. The van der Waals surface area contributed by atoms with Crippen molar-refractivity contribution < 1.29 is 4.74 Å². The molecule has 14 heavy (non-hydrogen) atoms. The van der Waals surface area contributed by atoms with Crippen LogP contribution in [0.1, 0.15) is 35.8 Å². The van der Waals surface area contributed by atoms with Crippen LogP contribution in [-0.4, -0.2) is 13.2 Å². The highest BCUT2D eigenvalue weighted by atomic mass is 32.1. The lowest BCUT2D eigenvalue weighted by molar-refractivity contribution is 0.0363. The minimum absolute atomic E-state index is 0.344. The molecular weight excluding hydrogens is 194 g/mol. The SMILES string of the molecule is NCCCCC1OCCc2sccc21. The lowest BCUT2D eigenvalue weighted by Gasteiger charge is -2.23. The molecule has 0 spiro atoms. The number of thiophene rings is 1. The van der Waals surface area contributed by atoms with E-state index >= 15 is 0 Å². The largest absolute Gasteiger partial charge is 0.373 e. The topological polar surface area (TPSA) is 35.2 Å². The van der Waals surface area contributed by atoms with E-state index in [0.29, 0.717) is 6.10 Å². The second kappa shape index (κ2) is 4.91. The molecule has 1 aromatic rings. The van der Waals surface area contributed by atoms with Gasteiger partial charge in [0.15, 0.2) is 0 Å². The Kier molecular flexibility index (Phi) is 3.56. The Morgan fingerprint density at radius 3 is 3.29 bits per heavy atom. The van der Waals surface area contributed by atoms with E-state index < -0.39 is 0 Å². The summed E-state index contributed by atoms with van der Waals surface area (Å²) in [4.78, 5) is 1.52. The zero-order chi connectivity index (χ0) is 9.80. The molecule has 2 N–H and O–H groups in total. The summed E-state index contributed by atoms with van der Waals surface area (Å²) in [6.45, 7) is 1.68. The third-order valence-electron chi connectivity index (χ3n) is 2.70. The fraction of sp³-hybridized carbons (Fsp3) is 0.636. The molecule has 0 saturated carbocycles. The average Bonchev–Trinajstić information content (AvgIpc) is 2.67. The van der Waals surface area contributed by atoms with Crippen LogP contribution in [-0.2, 0) is 11.2 Å². The zero-order valence-electron chi connectivity index (χ0n) is 8.37. The van der Waals surface area contributed by atoms with Gasteiger partial charge in [-0.1, -0.05) is 0 Å². The van der Waals surface area contributed by atoms with Crippen LogP contribution in [0.15, 0.2) is 11.4 Å². The van der Waals surface area contributed by atoms with Crippen LogP contribution < -0.4 is 5.73 Å². The molecule has 1 aliphatic heterocycles. The van der Waals surface area contributed by atoms with Gasteiger partial charge in [0.25, 0.3) is 0 Å². The predicted octanol–water partition coefficient (Wildman–Crippen LogP) is 2.49. The molecule has 1 aromatic heterocycles. The van der Waals surface area contributed by atoms with Gasteiger partial charge in [0.05, 0.1) is 12.7 Å². The maximum absolute atomic E-state index is 5.78. The summed E-state index contributed by atoms with van der Waals surface area (Å²) in [6, 6.07) is 2.21. The molecule has 0 fully saturated rings. The van der Waals surface area contributed by atoms with Crippen LogP contribution in [0.2, 0.25) is 0 Å². The van der Waals surface area contributed by atoms with Crippen LogP contribution in [0.5, 0.6) is 0 Å². The number of rotatable bonds is 4. The minimum Gasteiger partial charge on any atom is -0.373 e. The van der Waals surface area contributed by atoms with Gasteiger partial charge in [-0.15, -0.1) is 11.3 Å². The van der Waals surface area contributed by atoms with Gasteiger partial charge in [0, 0.05) is 11.3 Å². The van der Waals surface area contributed by atoms with Crippen molar-refractivity contribution in [1.82, 2.24) is 0 Å². The molecule has 0 aliphatic carbocycles. The summed E-state index contributed by atoms with van der Waals surface area (Å²) in [6.07, 6.45) is 4.86. The van der Waals surface area contributed by atoms with Crippen LogP contribution >= 0.6 is 11.3 Å². The van der Waals surface area contributed by atoms with Gasteiger partial charge in [-0.2, -0.15) is 0 Å². The van der Waals surface area contributed by atoms with E-state index in [4.69, 9.17) is 10.5 Å². The van der Waals surface area contributed by atoms with E-state index in [1.54, 1.807) is 0 Å². The highest BCUT2D eigenvalue weighted by molar-refractivity contribution is 7.10. The Hall–Kier alpha value is -0.380. The second-order valence-electron chi connectivity index (χ2n) is 3.69. The van der Waals surface area contributed by atoms with Gasteiger partial charge in [-0.05, 0) is 42.8 Å². The third kappa shape index (κ3) is 2.16. The van der Waals surface area contributed by atoms with E-state index in [2.05, 4.69) is 11.4 Å². The number of fused-ring (bicyclic) bond motifs is 1. The van der Waals surface area contributed by atoms with Crippen molar-refractivity contribution in [3.8, 4) is 0 Å². The van der Waals surface area contributed by atoms with Crippen molar-refractivity contribution in [1.29, 1.82) is 0 Å². The first-order valence-electron chi connectivity index (χ1n) is 5.29. The first kappa shape index (κ1) is 10.1. The molecular formula is C11H17NOS. The Labute approximate surface area is 89.1 Å². The third-order valence-corrected chi connectivity index (χ3v) is 3.69. The smallest absolute Gasteiger partial charge is 0.0835 e. The summed E-state index contributed by atoms with van der Waals surface area (Å²) in [5.41, 5.74) is 6.91. The van der Waals surface area contributed by atoms with Crippen LogP contribution in [0.3, 0.4) is 0 Å². The molecule has 3 heteroatoms. The highest BCUT2D eigenvalue weighted by Gasteiger charge is 2.20. The van der Waals surface area contributed by atoms with Gasteiger partial charge >= 0.3 is 0 Å². The monoisotopic (exact) mass is 211 g/mol. The van der Waals surface area contributed by atoms with Gasteiger partial charge in [0.2, 0.25) is 0 Å². The molecule has 2 nitrogen and oxygen atoms in total. The van der Waals surface area contributed by atoms with Crippen molar-refractivity contribution >= 4 is 11.3 Å². The molecule has 1 atom stereocenters. The number of hydrogen-bond acceptors (Lipinski definition) is 3. The van der Waals surface area contributed by atoms with Crippen LogP contribution in [0, 0.1) is 0 Å². The molecule has 2 heterocycles. The highest BCUT2D eigenvalue weighted by Crippen LogP contribution is 2.33. The summed E-state index contributed by atoms with van der Waals surface area (Å²) in [5, 5.41) is 2.18. The van der Waals surface area contributed by atoms with Crippen molar-refractivity contribution in [3.05, 3.63) is 21.9 Å². The molecule has 2 rings (SSSR count). The molecule has 1 unspecified atom stereocenters. The van der Waals surface area contributed by atoms with E-state index in [9.17, 15) is 0 Å². The lowest BCUT2D eigenvalue weighted by atomic mass is 10.0. The average molecular weight is 211 g/mol. The Balaban J connectivity index is 1.94. The molecule has 0 saturated heterocycles. The summed E-state index contributed by atoms with van der Waals surface area (Å²) in [5.74, 6) is 0. The second-order valence-corrected chi connectivity index (χ2v) is 4.69. The zero-order valence-corrected chi connectivity index (χ0v) is 9.19. The van der Waals surface area contributed by atoms with E-state index in [1.807, 2.05) is 11.3 Å². The fourth-order valence-corrected chi connectivity index (χ4v) is 2.85. The Morgan fingerprint density at radius 2 is 2.43 bits per heavy atom. The number of nitrogens with two attached hydrogens (primary N) is 1. The van der Waals surface area contributed by atoms with Gasteiger partial charge in [-0.3, -0.25) is 0 Å². The summed E-state index contributed by atoms with van der Waals surface area (Å²) < 4.78 is 5.78. The standard InChI is InChI=1S/C11H17NOS/c12-6-2-1-3-10-9-5-8-14-11(9)4-7-13-10/h5,8,10H,1-4,6-7,12H2. The molecule has 0 bridgehead atoms. The lowest BCUT2D eigenvalue weighted by Crippen LogP contribution is -2.14. The van der Waals surface area contributed by atoms with Crippen molar-refractivity contribution in [2.75, 3.05) is 13.2 Å². The first-order chi connectivity index (χ1) is 6.92. The van der Waals surface area contributed by atoms with Crippen LogP contribution in [0.4, 0.5) is 0 Å².